The predicted octanol–water partition coefficient (Wildman–Crippen LogP) is 1.88. The van der Waals surface area contributed by atoms with Crippen molar-refractivity contribution in [2.24, 2.45) is 0 Å². The Morgan fingerprint density at radius 3 is 2.28 bits per heavy atom. The molecule has 0 heterocycles. The molecule has 0 bridgehead atoms. The maximum Gasteiger partial charge on any atom is 0.275 e. The van der Waals surface area contributed by atoms with Crippen LogP contribution < -0.4 is 15.0 Å². The van der Waals surface area contributed by atoms with Gasteiger partial charge in [-0.3, -0.25) is 10.2 Å². The summed E-state index contributed by atoms with van der Waals surface area (Å²) >= 11 is 0. The zero-order valence-electron chi connectivity index (χ0n) is 12.8. The maximum atomic E-state index is 13.1. The molecule has 0 spiro atoms. The second kappa shape index (κ2) is 7.53. The Labute approximate surface area is 141 Å². The summed E-state index contributed by atoms with van der Waals surface area (Å²) in [6.07, 6.45) is -1.11. The van der Waals surface area contributed by atoms with E-state index >= 15 is 0 Å². The molecule has 6 nitrogen and oxygen atoms in total. The Hall–Kier alpha value is -2.59. The molecule has 10 heteroatoms. The smallest absolute Gasteiger partial charge is 0.275 e. The molecule has 25 heavy (non-hydrogen) atoms. The Morgan fingerprint density at radius 1 is 1.04 bits per heavy atom. The third kappa shape index (κ3) is 4.94. The summed E-state index contributed by atoms with van der Waals surface area (Å²) in [6.45, 7) is 1.34. The molecule has 0 aliphatic carbocycles. The molecule has 2 N–H and O–H groups in total. The van der Waals surface area contributed by atoms with Gasteiger partial charge in [-0.15, -0.1) is 4.83 Å². The lowest BCUT2D eigenvalue weighted by molar-refractivity contribution is -0.127. The van der Waals surface area contributed by atoms with Crippen LogP contribution in [0.25, 0.3) is 0 Å². The average molecular weight is 374 g/mol. The van der Waals surface area contributed by atoms with Crippen molar-refractivity contribution in [3.05, 3.63) is 59.9 Å². The monoisotopic (exact) mass is 374 g/mol. The van der Waals surface area contributed by atoms with E-state index in [1.54, 1.807) is 4.83 Å². The Bertz CT molecular complexity index is 873. The lowest BCUT2D eigenvalue weighted by atomic mass is 10.3. The van der Waals surface area contributed by atoms with Gasteiger partial charge in [0.1, 0.15) is 11.6 Å². The summed E-state index contributed by atoms with van der Waals surface area (Å²) in [6, 6.07) is 6.81. The average Bonchev–Trinajstić information content (AvgIpc) is 2.57. The summed E-state index contributed by atoms with van der Waals surface area (Å²) in [5, 5.41) is 0. The van der Waals surface area contributed by atoms with Gasteiger partial charge in [0, 0.05) is 0 Å². The first kappa shape index (κ1) is 18.7. The quantitative estimate of drug-likeness (QED) is 0.757. The van der Waals surface area contributed by atoms with E-state index in [0.29, 0.717) is 12.1 Å². The maximum absolute atomic E-state index is 13.1. The number of carbonyl (C=O) groups excluding carboxylic acids is 1. The van der Waals surface area contributed by atoms with E-state index in [1.165, 1.54) is 19.1 Å². The normalized spacial score (nSPS) is 12.5. The van der Waals surface area contributed by atoms with E-state index in [9.17, 15) is 26.4 Å². The van der Waals surface area contributed by atoms with Crippen LogP contribution in [0.15, 0.2) is 47.4 Å². The number of benzene rings is 2. The van der Waals surface area contributed by atoms with Crippen LogP contribution in [0.3, 0.4) is 0 Å². The molecule has 1 atom stereocenters. The second-order valence-electron chi connectivity index (χ2n) is 4.88. The van der Waals surface area contributed by atoms with Gasteiger partial charge in [0.2, 0.25) is 0 Å². The SMILES string of the molecule is C[C@@H](Oc1ccc(F)cc1)C(=O)NNS(=O)(=O)c1ccc(F)c(F)c1. The van der Waals surface area contributed by atoms with Crippen molar-refractivity contribution in [2.75, 3.05) is 0 Å². The van der Waals surface area contributed by atoms with Crippen molar-refractivity contribution < 1.29 is 31.1 Å². The molecule has 0 radical (unpaired) electrons. The van der Waals surface area contributed by atoms with Gasteiger partial charge in [0.05, 0.1) is 4.90 Å². The van der Waals surface area contributed by atoms with Gasteiger partial charge in [-0.25, -0.2) is 21.6 Å². The van der Waals surface area contributed by atoms with Crippen molar-refractivity contribution in [1.29, 1.82) is 0 Å². The molecule has 0 unspecified atom stereocenters. The van der Waals surface area contributed by atoms with Crippen LogP contribution in [0, 0.1) is 17.5 Å². The highest BCUT2D eigenvalue weighted by Crippen LogP contribution is 2.14. The lowest BCUT2D eigenvalue weighted by Crippen LogP contribution is -2.47. The zero-order chi connectivity index (χ0) is 18.6. The number of rotatable bonds is 6. The Morgan fingerprint density at radius 2 is 1.68 bits per heavy atom. The highest BCUT2D eigenvalue weighted by molar-refractivity contribution is 7.89. The molecule has 0 saturated carbocycles. The fourth-order valence-corrected chi connectivity index (χ4v) is 2.55. The molecule has 0 saturated heterocycles. The summed E-state index contributed by atoms with van der Waals surface area (Å²) in [5.74, 6) is -3.68. The third-order valence-electron chi connectivity index (χ3n) is 3.01. The number of carbonyl (C=O) groups is 1. The molecule has 2 aromatic carbocycles. The van der Waals surface area contributed by atoms with Gasteiger partial charge in [0.15, 0.2) is 17.7 Å². The van der Waals surface area contributed by atoms with Crippen LogP contribution in [0.5, 0.6) is 5.75 Å². The molecular formula is C15H13F3N2O4S. The molecule has 1 amide bonds. The molecular weight excluding hydrogens is 361 g/mol. The largest absolute Gasteiger partial charge is 0.481 e. The van der Waals surface area contributed by atoms with Gasteiger partial charge >= 0.3 is 0 Å². The molecule has 0 aliphatic heterocycles. The number of ether oxygens (including phenoxy) is 1. The molecule has 0 aliphatic rings. The number of nitrogens with one attached hydrogen (secondary N) is 2. The van der Waals surface area contributed by atoms with Crippen molar-refractivity contribution in [1.82, 2.24) is 10.3 Å². The summed E-state index contributed by atoms with van der Waals surface area (Å²) < 4.78 is 67.8. The number of amides is 1. The molecule has 2 aromatic rings. The first-order valence-electron chi connectivity index (χ1n) is 6.88. The standard InChI is InChI=1S/C15H13F3N2O4S/c1-9(24-11-4-2-10(16)3-5-11)15(21)19-20-25(22,23)12-6-7-13(17)14(18)8-12/h2-9,20H,1H3,(H,19,21)/t9-/m1/s1. The number of hydrogen-bond donors (Lipinski definition) is 2. The van der Waals surface area contributed by atoms with E-state index < -0.39 is 44.4 Å². The molecule has 134 valence electrons. The minimum atomic E-state index is -4.30. The number of hydrogen-bond acceptors (Lipinski definition) is 4. The number of hydrazine groups is 1. The molecule has 0 aromatic heterocycles. The van der Waals surface area contributed by atoms with Crippen molar-refractivity contribution >= 4 is 15.9 Å². The molecule has 2 rings (SSSR count). The van der Waals surface area contributed by atoms with Gasteiger partial charge < -0.3 is 4.74 Å². The van der Waals surface area contributed by atoms with E-state index in [2.05, 4.69) is 0 Å². The first-order valence-corrected chi connectivity index (χ1v) is 8.36. The van der Waals surface area contributed by atoms with Crippen LogP contribution in [-0.4, -0.2) is 20.4 Å². The highest BCUT2D eigenvalue weighted by atomic mass is 32.2. The summed E-state index contributed by atoms with van der Waals surface area (Å²) in [5.41, 5.74) is 1.89. The van der Waals surface area contributed by atoms with E-state index in [1.807, 2.05) is 5.43 Å². The first-order chi connectivity index (χ1) is 11.7. The fourth-order valence-electron chi connectivity index (χ4n) is 1.69. The predicted molar refractivity (Wildman–Crippen MR) is 81.3 cm³/mol. The van der Waals surface area contributed by atoms with Gasteiger partial charge in [-0.2, -0.15) is 0 Å². The minimum absolute atomic E-state index is 0.201. The highest BCUT2D eigenvalue weighted by Gasteiger charge is 2.20. The Kier molecular flexibility index (Phi) is 5.65. The van der Waals surface area contributed by atoms with E-state index in [4.69, 9.17) is 4.74 Å². The summed E-state index contributed by atoms with van der Waals surface area (Å²) in [4.78, 5) is 13.0. The fraction of sp³-hybridized carbons (Fsp3) is 0.133. The van der Waals surface area contributed by atoms with Crippen LogP contribution in [0.2, 0.25) is 0 Å². The minimum Gasteiger partial charge on any atom is -0.481 e. The topological polar surface area (TPSA) is 84.5 Å². The van der Waals surface area contributed by atoms with Crippen molar-refractivity contribution in [2.45, 2.75) is 17.9 Å². The van der Waals surface area contributed by atoms with Gasteiger partial charge in [-0.05, 0) is 49.4 Å². The number of halogens is 3. The zero-order valence-corrected chi connectivity index (χ0v) is 13.6. The van der Waals surface area contributed by atoms with E-state index in [0.717, 1.165) is 18.2 Å². The van der Waals surface area contributed by atoms with Crippen LogP contribution >= 0.6 is 0 Å². The van der Waals surface area contributed by atoms with Crippen molar-refractivity contribution in [3.8, 4) is 5.75 Å². The van der Waals surface area contributed by atoms with Gasteiger partial charge in [0.25, 0.3) is 15.9 Å². The third-order valence-corrected chi connectivity index (χ3v) is 4.25. The van der Waals surface area contributed by atoms with Crippen LogP contribution in [-0.2, 0) is 14.8 Å². The van der Waals surface area contributed by atoms with Crippen LogP contribution in [0.4, 0.5) is 13.2 Å². The molecule has 0 fully saturated rings. The second-order valence-corrected chi connectivity index (χ2v) is 6.57. The summed E-state index contributed by atoms with van der Waals surface area (Å²) in [7, 11) is -4.30. The van der Waals surface area contributed by atoms with Crippen LogP contribution in [0.1, 0.15) is 6.92 Å². The van der Waals surface area contributed by atoms with E-state index in [-0.39, 0.29) is 5.75 Å². The van der Waals surface area contributed by atoms with Gasteiger partial charge in [-0.1, -0.05) is 0 Å². The number of sulfonamides is 1. The van der Waals surface area contributed by atoms with Crippen molar-refractivity contribution in [3.63, 3.8) is 0 Å². The lowest BCUT2D eigenvalue weighted by Gasteiger charge is -2.15. The Balaban J connectivity index is 1.97.